The molecule has 1 aliphatic rings. The van der Waals surface area contributed by atoms with Gasteiger partial charge >= 0.3 is 0 Å². The first-order valence-corrected chi connectivity index (χ1v) is 11.0. The Morgan fingerprint density at radius 2 is 1.93 bits per heavy atom. The molecule has 27 heavy (non-hydrogen) atoms. The van der Waals surface area contributed by atoms with Gasteiger partial charge in [0.2, 0.25) is 5.91 Å². The Morgan fingerprint density at radius 3 is 2.70 bits per heavy atom. The zero-order chi connectivity index (χ0) is 19.0. The molecule has 0 bridgehead atoms. The van der Waals surface area contributed by atoms with E-state index in [-0.39, 0.29) is 11.2 Å². The normalized spacial score (nSPS) is 14.8. The van der Waals surface area contributed by atoms with Crippen molar-refractivity contribution in [3.05, 3.63) is 46.1 Å². The van der Waals surface area contributed by atoms with Crippen molar-refractivity contribution >= 4 is 44.9 Å². The number of benzene rings is 1. The minimum Gasteiger partial charge on any atom is -0.325 e. The van der Waals surface area contributed by atoms with Crippen LogP contribution in [0.15, 0.2) is 29.6 Å². The number of rotatable bonds is 4. The lowest BCUT2D eigenvalue weighted by atomic mass is 9.97. The predicted octanol–water partition coefficient (Wildman–Crippen LogP) is 5.31. The quantitative estimate of drug-likeness (QED) is 0.479. The molecule has 0 aliphatic heterocycles. The summed E-state index contributed by atoms with van der Waals surface area (Å²) in [5.74, 6) is 0.00765. The van der Waals surface area contributed by atoms with Crippen LogP contribution in [0.4, 0.5) is 5.69 Å². The van der Waals surface area contributed by atoms with Crippen molar-refractivity contribution in [2.75, 3.05) is 5.32 Å². The third kappa shape index (κ3) is 3.60. The van der Waals surface area contributed by atoms with Crippen LogP contribution < -0.4 is 5.32 Å². The maximum atomic E-state index is 12.8. The maximum Gasteiger partial charge on any atom is 0.237 e. The SMILES string of the molecule is Cc1cccc(C)c1NC(=O)[C@H](C)Sc1ncnc2sc3c(c12)CCCC3. The molecular weight excluding hydrogens is 374 g/mol. The highest BCUT2D eigenvalue weighted by Gasteiger charge is 2.23. The highest BCUT2D eigenvalue weighted by molar-refractivity contribution is 8.00. The van der Waals surface area contributed by atoms with Gasteiger partial charge in [-0.2, -0.15) is 0 Å². The number of nitrogens with zero attached hydrogens (tertiary/aromatic N) is 2. The first kappa shape index (κ1) is 18.4. The van der Waals surface area contributed by atoms with Crippen LogP contribution in [0.5, 0.6) is 0 Å². The molecule has 0 radical (unpaired) electrons. The third-order valence-corrected chi connectivity index (χ3v) is 7.40. The minimum atomic E-state index is -0.235. The summed E-state index contributed by atoms with van der Waals surface area (Å²) in [6.07, 6.45) is 6.34. The van der Waals surface area contributed by atoms with Crippen LogP contribution in [-0.4, -0.2) is 21.1 Å². The summed E-state index contributed by atoms with van der Waals surface area (Å²) in [6, 6.07) is 6.05. The van der Waals surface area contributed by atoms with Gasteiger partial charge in [0.25, 0.3) is 0 Å². The van der Waals surface area contributed by atoms with Gasteiger partial charge in [0.15, 0.2) is 0 Å². The summed E-state index contributed by atoms with van der Waals surface area (Å²) in [6.45, 7) is 5.98. The number of thioether (sulfide) groups is 1. The van der Waals surface area contributed by atoms with Gasteiger partial charge in [0.1, 0.15) is 16.2 Å². The number of aromatic nitrogens is 2. The van der Waals surface area contributed by atoms with Crippen molar-refractivity contribution in [3.8, 4) is 0 Å². The van der Waals surface area contributed by atoms with E-state index in [2.05, 4.69) is 15.3 Å². The third-order valence-electron chi connectivity index (χ3n) is 5.10. The number of anilines is 1. The Labute approximate surface area is 167 Å². The van der Waals surface area contributed by atoms with Gasteiger partial charge in [-0.05, 0) is 63.1 Å². The van der Waals surface area contributed by atoms with Crippen LogP contribution in [0.2, 0.25) is 0 Å². The van der Waals surface area contributed by atoms with Crippen molar-refractivity contribution in [1.82, 2.24) is 9.97 Å². The summed E-state index contributed by atoms with van der Waals surface area (Å²) < 4.78 is 0. The molecule has 1 aromatic carbocycles. The molecular formula is C21H23N3OS2. The molecule has 6 heteroatoms. The largest absolute Gasteiger partial charge is 0.325 e. The molecule has 1 atom stereocenters. The molecule has 2 aromatic heterocycles. The van der Waals surface area contributed by atoms with E-state index < -0.39 is 0 Å². The second-order valence-corrected chi connectivity index (χ2v) is 9.50. The number of hydrogen-bond acceptors (Lipinski definition) is 5. The van der Waals surface area contributed by atoms with Gasteiger partial charge in [-0.1, -0.05) is 30.0 Å². The van der Waals surface area contributed by atoms with Gasteiger partial charge < -0.3 is 5.32 Å². The van der Waals surface area contributed by atoms with E-state index in [9.17, 15) is 4.79 Å². The number of aryl methyl sites for hydroxylation is 4. The lowest BCUT2D eigenvalue weighted by molar-refractivity contribution is -0.115. The smallest absolute Gasteiger partial charge is 0.237 e. The van der Waals surface area contributed by atoms with Crippen molar-refractivity contribution in [2.45, 2.75) is 56.7 Å². The molecule has 0 spiro atoms. The minimum absolute atomic E-state index is 0.00765. The number of carbonyl (C=O) groups excluding carboxylic acids is 1. The first-order chi connectivity index (χ1) is 13.0. The van der Waals surface area contributed by atoms with Gasteiger partial charge in [-0.15, -0.1) is 11.3 Å². The van der Waals surface area contributed by atoms with E-state index in [0.717, 1.165) is 39.5 Å². The molecule has 140 valence electrons. The monoisotopic (exact) mass is 397 g/mol. The van der Waals surface area contributed by atoms with Crippen LogP contribution in [-0.2, 0) is 17.6 Å². The Balaban J connectivity index is 1.58. The molecule has 0 saturated carbocycles. The zero-order valence-electron chi connectivity index (χ0n) is 15.8. The van der Waals surface area contributed by atoms with Crippen LogP contribution in [0.3, 0.4) is 0 Å². The highest BCUT2D eigenvalue weighted by Crippen LogP contribution is 2.40. The number of para-hydroxylation sites is 1. The van der Waals surface area contributed by atoms with Gasteiger partial charge in [-0.3, -0.25) is 4.79 Å². The average Bonchev–Trinajstić information content (AvgIpc) is 3.04. The van der Waals surface area contributed by atoms with Gasteiger partial charge in [-0.25, -0.2) is 9.97 Å². The maximum absolute atomic E-state index is 12.8. The van der Waals surface area contributed by atoms with E-state index in [0.29, 0.717) is 0 Å². The fraction of sp³-hybridized carbons (Fsp3) is 0.381. The molecule has 1 N–H and O–H groups in total. The molecule has 0 saturated heterocycles. The van der Waals surface area contributed by atoms with E-state index in [1.165, 1.54) is 40.4 Å². The van der Waals surface area contributed by atoms with E-state index >= 15 is 0 Å². The Morgan fingerprint density at radius 1 is 1.19 bits per heavy atom. The van der Waals surface area contributed by atoms with Crippen molar-refractivity contribution in [2.24, 2.45) is 0 Å². The second-order valence-electron chi connectivity index (χ2n) is 7.09. The Hall–Kier alpha value is -1.92. The highest BCUT2D eigenvalue weighted by atomic mass is 32.2. The predicted molar refractivity (Wildman–Crippen MR) is 114 cm³/mol. The number of carbonyl (C=O) groups is 1. The lowest BCUT2D eigenvalue weighted by Gasteiger charge is -2.16. The summed E-state index contributed by atoms with van der Waals surface area (Å²) in [5.41, 5.74) is 4.48. The topological polar surface area (TPSA) is 54.9 Å². The van der Waals surface area contributed by atoms with Crippen LogP contribution in [0.1, 0.15) is 41.3 Å². The molecule has 4 nitrogen and oxygen atoms in total. The first-order valence-electron chi connectivity index (χ1n) is 9.33. The van der Waals surface area contributed by atoms with E-state index in [1.54, 1.807) is 17.7 Å². The molecule has 1 amide bonds. The summed E-state index contributed by atoms with van der Waals surface area (Å²) in [7, 11) is 0. The fourth-order valence-corrected chi connectivity index (χ4v) is 5.85. The zero-order valence-corrected chi connectivity index (χ0v) is 17.5. The second kappa shape index (κ2) is 7.60. The number of amides is 1. The number of hydrogen-bond donors (Lipinski definition) is 1. The number of fused-ring (bicyclic) bond motifs is 3. The van der Waals surface area contributed by atoms with E-state index in [1.807, 2.05) is 39.0 Å². The van der Waals surface area contributed by atoms with Crippen molar-refractivity contribution in [3.63, 3.8) is 0 Å². The number of thiophene rings is 1. The molecule has 4 rings (SSSR count). The van der Waals surface area contributed by atoms with Gasteiger partial charge in [0.05, 0.1) is 5.25 Å². The molecule has 1 aliphatic carbocycles. The van der Waals surface area contributed by atoms with Crippen LogP contribution in [0.25, 0.3) is 10.2 Å². The van der Waals surface area contributed by atoms with E-state index in [4.69, 9.17) is 0 Å². The average molecular weight is 398 g/mol. The molecule has 0 unspecified atom stereocenters. The Kier molecular flexibility index (Phi) is 5.19. The van der Waals surface area contributed by atoms with Crippen molar-refractivity contribution < 1.29 is 4.79 Å². The van der Waals surface area contributed by atoms with Crippen LogP contribution in [0, 0.1) is 13.8 Å². The Bertz CT molecular complexity index is 992. The molecule has 3 aromatic rings. The fourth-order valence-electron chi connectivity index (χ4n) is 3.61. The summed E-state index contributed by atoms with van der Waals surface area (Å²) >= 11 is 3.32. The molecule has 0 fully saturated rings. The lowest BCUT2D eigenvalue weighted by Crippen LogP contribution is -2.23. The standard InChI is InChI=1S/C21H23N3OS2/c1-12-7-6-8-13(2)18(12)24-19(25)14(3)26-20-17-15-9-4-5-10-16(15)27-21(17)23-11-22-20/h6-8,11,14H,4-5,9-10H2,1-3H3,(H,24,25)/t14-/m0/s1. The van der Waals surface area contributed by atoms with Crippen LogP contribution >= 0.6 is 23.1 Å². The molecule has 2 heterocycles. The number of nitrogens with one attached hydrogen (secondary N) is 1. The van der Waals surface area contributed by atoms with Crippen molar-refractivity contribution in [1.29, 1.82) is 0 Å². The summed E-state index contributed by atoms with van der Waals surface area (Å²) in [4.78, 5) is 24.3. The van der Waals surface area contributed by atoms with Gasteiger partial charge in [0, 0.05) is 16.0 Å². The summed E-state index contributed by atoms with van der Waals surface area (Å²) in [5, 5.41) is 4.98.